The zero-order valence-electron chi connectivity index (χ0n) is 17.1. The van der Waals surface area contributed by atoms with Gasteiger partial charge in [-0.25, -0.2) is 4.39 Å². The second kappa shape index (κ2) is 8.93. The first-order valence-electron chi connectivity index (χ1n) is 10.2. The van der Waals surface area contributed by atoms with Crippen LogP contribution in [0.1, 0.15) is 51.0 Å². The van der Waals surface area contributed by atoms with E-state index in [-0.39, 0.29) is 35.8 Å². The summed E-state index contributed by atoms with van der Waals surface area (Å²) in [6.07, 6.45) is 3.65. The Labute approximate surface area is 170 Å². The van der Waals surface area contributed by atoms with Gasteiger partial charge in [0.05, 0.1) is 7.11 Å². The third kappa shape index (κ3) is 5.14. The van der Waals surface area contributed by atoms with Gasteiger partial charge in [-0.2, -0.15) is 0 Å². The highest BCUT2D eigenvalue weighted by molar-refractivity contribution is 5.82. The van der Waals surface area contributed by atoms with Crippen LogP contribution in [0.15, 0.2) is 18.2 Å². The van der Waals surface area contributed by atoms with Gasteiger partial charge in [-0.05, 0) is 50.7 Å². The van der Waals surface area contributed by atoms with Crippen molar-refractivity contribution in [1.29, 1.82) is 0 Å². The number of rotatable bonds is 7. The number of halogens is 1. The highest BCUT2D eigenvalue weighted by Gasteiger charge is 2.39. The molecule has 1 aromatic carbocycles. The van der Waals surface area contributed by atoms with Crippen LogP contribution >= 0.6 is 0 Å². The molecule has 7 heteroatoms. The maximum absolute atomic E-state index is 14.5. The standard InChI is InChI=1S/C22H29FN2O4/c1-15(26)17-4-3-11-25(14-17)21(28)8-10-22(9-7-20(27)24-22)13-16-5-6-18(29-2)12-19(16)23/h5-6,12,17H,3-4,7-11,13-14H2,1-2H3,(H,24,27). The van der Waals surface area contributed by atoms with Crippen molar-refractivity contribution < 1.29 is 23.5 Å². The smallest absolute Gasteiger partial charge is 0.222 e. The minimum Gasteiger partial charge on any atom is -0.497 e. The molecule has 0 radical (unpaired) electrons. The average Bonchev–Trinajstić information content (AvgIpc) is 3.08. The van der Waals surface area contributed by atoms with E-state index < -0.39 is 5.54 Å². The largest absolute Gasteiger partial charge is 0.497 e. The number of nitrogens with one attached hydrogen (secondary N) is 1. The number of Topliss-reactive ketones (excluding diaryl/α,β-unsaturated/α-hetero) is 1. The molecule has 2 atom stereocenters. The summed E-state index contributed by atoms with van der Waals surface area (Å²) in [5.41, 5.74) is -0.132. The lowest BCUT2D eigenvalue weighted by Crippen LogP contribution is -2.46. The summed E-state index contributed by atoms with van der Waals surface area (Å²) in [6.45, 7) is 2.71. The van der Waals surface area contributed by atoms with Gasteiger partial charge < -0.3 is 15.0 Å². The van der Waals surface area contributed by atoms with Gasteiger partial charge in [-0.1, -0.05) is 6.07 Å². The van der Waals surface area contributed by atoms with Crippen LogP contribution in [-0.4, -0.2) is 48.2 Å². The number of piperidine rings is 1. The third-order valence-corrected chi connectivity index (χ3v) is 6.19. The van der Waals surface area contributed by atoms with Crippen molar-refractivity contribution >= 4 is 17.6 Å². The molecule has 0 saturated carbocycles. The number of ether oxygens (including phenoxy) is 1. The molecular weight excluding hydrogens is 375 g/mol. The SMILES string of the molecule is COc1ccc(CC2(CCC(=O)N3CCCC(C(C)=O)C3)CCC(=O)N2)c(F)c1. The minimum absolute atomic E-state index is 0.00771. The second-order valence-electron chi connectivity index (χ2n) is 8.25. The molecule has 3 rings (SSSR count). The van der Waals surface area contributed by atoms with Crippen LogP contribution in [0.5, 0.6) is 5.75 Å². The summed E-state index contributed by atoms with van der Waals surface area (Å²) in [7, 11) is 1.48. The number of hydrogen-bond donors (Lipinski definition) is 1. The number of nitrogens with zero attached hydrogens (tertiary/aromatic N) is 1. The zero-order valence-corrected chi connectivity index (χ0v) is 17.1. The molecule has 2 heterocycles. The highest BCUT2D eigenvalue weighted by atomic mass is 19.1. The van der Waals surface area contributed by atoms with Crippen molar-refractivity contribution in [2.75, 3.05) is 20.2 Å². The van der Waals surface area contributed by atoms with Crippen molar-refractivity contribution in [3.8, 4) is 5.75 Å². The monoisotopic (exact) mass is 404 g/mol. The van der Waals surface area contributed by atoms with Crippen LogP contribution in [0.2, 0.25) is 0 Å². The van der Waals surface area contributed by atoms with Crippen molar-refractivity contribution in [1.82, 2.24) is 10.2 Å². The first-order valence-corrected chi connectivity index (χ1v) is 10.2. The number of methoxy groups -OCH3 is 1. The summed E-state index contributed by atoms with van der Waals surface area (Å²) in [4.78, 5) is 38.1. The molecular formula is C22H29FN2O4. The van der Waals surface area contributed by atoms with Crippen LogP contribution in [-0.2, 0) is 20.8 Å². The van der Waals surface area contributed by atoms with Gasteiger partial charge in [-0.3, -0.25) is 14.4 Å². The molecule has 0 bridgehead atoms. The van der Waals surface area contributed by atoms with E-state index in [4.69, 9.17) is 4.74 Å². The Morgan fingerprint density at radius 2 is 2.17 bits per heavy atom. The van der Waals surface area contributed by atoms with Crippen LogP contribution in [0.4, 0.5) is 4.39 Å². The summed E-state index contributed by atoms with van der Waals surface area (Å²) in [5, 5.41) is 3.00. The van der Waals surface area contributed by atoms with Gasteiger partial charge >= 0.3 is 0 Å². The molecule has 2 saturated heterocycles. The molecule has 29 heavy (non-hydrogen) atoms. The Kier molecular flexibility index (Phi) is 6.55. The third-order valence-electron chi connectivity index (χ3n) is 6.19. The molecule has 0 aliphatic carbocycles. The van der Waals surface area contributed by atoms with Crippen molar-refractivity contribution in [2.24, 2.45) is 5.92 Å². The highest BCUT2D eigenvalue weighted by Crippen LogP contribution is 2.32. The lowest BCUT2D eigenvalue weighted by molar-refractivity contribution is -0.135. The van der Waals surface area contributed by atoms with Crippen LogP contribution in [0.25, 0.3) is 0 Å². The Morgan fingerprint density at radius 1 is 1.38 bits per heavy atom. The Bertz CT molecular complexity index is 797. The number of amides is 2. The van der Waals surface area contributed by atoms with Gasteiger partial charge in [0.2, 0.25) is 11.8 Å². The first-order chi connectivity index (χ1) is 13.8. The molecule has 0 spiro atoms. The summed E-state index contributed by atoms with van der Waals surface area (Å²) >= 11 is 0. The number of ketones is 1. The van der Waals surface area contributed by atoms with Gasteiger partial charge in [0.1, 0.15) is 17.3 Å². The molecule has 2 fully saturated rings. The van der Waals surface area contributed by atoms with Gasteiger partial charge in [0, 0.05) is 43.5 Å². The van der Waals surface area contributed by atoms with E-state index in [0.29, 0.717) is 50.1 Å². The van der Waals surface area contributed by atoms with Gasteiger partial charge in [0.15, 0.2) is 0 Å². The second-order valence-corrected chi connectivity index (χ2v) is 8.25. The average molecular weight is 404 g/mol. The van der Waals surface area contributed by atoms with E-state index >= 15 is 0 Å². The molecule has 0 aromatic heterocycles. The quantitative estimate of drug-likeness (QED) is 0.758. The zero-order chi connectivity index (χ0) is 21.0. The topological polar surface area (TPSA) is 75.7 Å². The molecule has 2 amide bonds. The van der Waals surface area contributed by atoms with Crippen LogP contribution in [0, 0.1) is 11.7 Å². The van der Waals surface area contributed by atoms with Crippen LogP contribution in [0.3, 0.4) is 0 Å². The van der Waals surface area contributed by atoms with Crippen LogP contribution < -0.4 is 10.1 Å². The molecule has 2 unspecified atom stereocenters. The van der Waals surface area contributed by atoms with E-state index in [0.717, 1.165) is 12.8 Å². The van der Waals surface area contributed by atoms with E-state index in [2.05, 4.69) is 5.32 Å². The summed E-state index contributed by atoms with van der Waals surface area (Å²) in [6, 6.07) is 4.70. The molecule has 158 valence electrons. The normalized spacial score (nSPS) is 24.3. The molecule has 2 aliphatic heterocycles. The van der Waals surface area contributed by atoms with E-state index in [1.54, 1.807) is 24.0 Å². The number of carbonyl (C=O) groups is 3. The van der Waals surface area contributed by atoms with Gasteiger partial charge in [0.25, 0.3) is 0 Å². The summed E-state index contributed by atoms with van der Waals surface area (Å²) < 4.78 is 19.5. The van der Waals surface area contributed by atoms with Crippen molar-refractivity contribution in [2.45, 2.75) is 57.4 Å². The van der Waals surface area contributed by atoms with E-state index in [1.807, 2.05) is 0 Å². The molecule has 1 aromatic rings. The van der Waals surface area contributed by atoms with Crippen molar-refractivity contribution in [3.63, 3.8) is 0 Å². The fourth-order valence-corrected chi connectivity index (χ4v) is 4.38. The maximum Gasteiger partial charge on any atom is 0.222 e. The molecule has 6 nitrogen and oxygen atoms in total. The number of likely N-dealkylation sites (tertiary alicyclic amines) is 1. The fourth-order valence-electron chi connectivity index (χ4n) is 4.38. The van der Waals surface area contributed by atoms with E-state index in [1.165, 1.54) is 13.2 Å². The maximum atomic E-state index is 14.5. The lowest BCUT2D eigenvalue weighted by Gasteiger charge is -2.34. The minimum atomic E-state index is -0.627. The van der Waals surface area contributed by atoms with Gasteiger partial charge in [-0.15, -0.1) is 0 Å². The van der Waals surface area contributed by atoms with E-state index in [9.17, 15) is 18.8 Å². The Morgan fingerprint density at radius 3 is 2.79 bits per heavy atom. The summed E-state index contributed by atoms with van der Waals surface area (Å²) in [5.74, 6) is 0.0264. The predicted molar refractivity (Wildman–Crippen MR) is 106 cm³/mol. The fraction of sp³-hybridized carbons (Fsp3) is 0.591. The lowest BCUT2D eigenvalue weighted by atomic mass is 9.84. The Balaban J connectivity index is 1.67. The molecule has 1 N–H and O–H groups in total. The number of benzene rings is 1. The van der Waals surface area contributed by atoms with Crippen molar-refractivity contribution in [3.05, 3.63) is 29.6 Å². The predicted octanol–water partition coefficient (Wildman–Crippen LogP) is 2.63. The Hall–Kier alpha value is -2.44. The number of hydrogen-bond acceptors (Lipinski definition) is 4. The molecule has 2 aliphatic rings. The number of carbonyl (C=O) groups excluding carboxylic acids is 3. The first kappa shape index (κ1) is 21.3.